The first kappa shape index (κ1) is 24.7. The van der Waals surface area contributed by atoms with Gasteiger partial charge in [0, 0.05) is 46.4 Å². The summed E-state index contributed by atoms with van der Waals surface area (Å²) in [4.78, 5) is 32.8. The van der Waals surface area contributed by atoms with E-state index in [-0.39, 0.29) is 30.4 Å². The van der Waals surface area contributed by atoms with Gasteiger partial charge in [0.2, 0.25) is 0 Å². The maximum absolute atomic E-state index is 12.6. The highest BCUT2D eigenvalue weighted by Crippen LogP contribution is 2.36. The zero-order chi connectivity index (χ0) is 25.1. The van der Waals surface area contributed by atoms with Crippen LogP contribution in [-0.4, -0.2) is 58.3 Å². The Balaban J connectivity index is 1.13. The van der Waals surface area contributed by atoms with E-state index in [0.717, 1.165) is 34.8 Å². The number of carbonyl (C=O) groups excluding carboxylic acids is 1. The van der Waals surface area contributed by atoms with E-state index in [0.29, 0.717) is 35.3 Å². The van der Waals surface area contributed by atoms with E-state index < -0.39 is 0 Å². The monoisotopic (exact) mass is 547 g/mol. The van der Waals surface area contributed by atoms with Crippen molar-refractivity contribution in [2.24, 2.45) is 5.16 Å². The maximum Gasteiger partial charge on any atom is 0.260 e. The molecule has 1 fully saturated rings. The van der Waals surface area contributed by atoms with Crippen LogP contribution in [0.25, 0.3) is 0 Å². The zero-order valence-corrected chi connectivity index (χ0v) is 21.7. The summed E-state index contributed by atoms with van der Waals surface area (Å²) < 4.78 is 10.7. The van der Waals surface area contributed by atoms with Crippen molar-refractivity contribution in [2.75, 3.05) is 26.8 Å². The maximum atomic E-state index is 12.6. The van der Waals surface area contributed by atoms with Gasteiger partial charge >= 0.3 is 0 Å². The van der Waals surface area contributed by atoms with Crippen molar-refractivity contribution >= 4 is 46.2 Å². The van der Waals surface area contributed by atoms with Gasteiger partial charge in [-0.2, -0.15) is 4.98 Å². The molecule has 1 unspecified atom stereocenters. The number of oxime groups is 1. The highest BCUT2D eigenvalue weighted by Gasteiger charge is 2.30. The topological polar surface area (TPSA) is 99.0 Å². The van der Waals surface area contributed by atoms with Gasteiger partial charge in [-0.3, -0.25) is 4.79 Å². The number of ether oxygens (including phenoxy) is 2. The van der Waals surface area contributed by atoms with E-state index in [4.69, 9.17) is 42.5 Å². The van der Waals surface area contributed by atoms with Crippen molar-refractivity contribution in [3.8, 4) is 11.6 Å². The number of amides is 1. The van der Waals surface area contributed by atoms with Gasteiger partial charge in [-0.25, -0.2) is 9.97 Å². The molecular formula is C24H23Cl2N5O4S. The second kappa shape index (κ2) is 11.0. The van der Waals surface area contributed by atoms with Crippen LogP contribution in [-0.2, 0) is 9.63 Å². The van der Waals surface area contributed by atoms with Gasteiger partial charge in [-0.1, -0.05) is 28.4 Å². The number of halogens is 2. The Hall–Kier alpha value is -2.95. The van der Waals surface area contributed by atoms with E-state index in [1.54, 1.807) is 23.5 Å². The Morgan fingerprint density at radius 1 is 1.28 bits per heavy atom. The van der Waals surface area contributed by atoms with Gasteiger partial charge in [-0.05, 0) is 31.0 Å². The molecule has 4 heterocycles. The Kier molecular flexibility index (Phi) is 7.54. The molecular weight excluding hydrogens is 525 g/mol. The van der Waals surface area contributed by atoms with Crippen LogP contribution in [0.3, 0.4) is 0 Å². The number of benzene rings is 1. The summed E-state index contributed by atoms with van der Waals surface area (Å²) >= 11 is 14.1. The highest BCUT2D eigenvalue weighted by molar-refractivity contribution is 7.10. The molecule has 188 valence electrons. The second-order valence-electron chi connectivity index (χ2n) is 8.41. The molecule has 3 aromatic rings. The number of nitrogens with zero attached hydrogens (tertiary/aromatic N) is 5. The number of hydrogen-bond acceptors (Lipinski definition) is 9. The third kappa shape index (κ3) is 5.40. The molecule has 5 rings (SSSR count). The number of likely N-dealkylation sites (tertiary alicyclic amines) is 1. The molecule has 0 aliphatic carbocycles. The lowest BCUT2D eigenvalue weighted by atomic mass is 9.97. The summed E-state index contributed by atoms with van der Waals surface area (Å²) in [6.45, 7) is 1.18. The van der Waals surface area contributed by atoms with Crippen molar-refractivity contribution in [1.82, 2.24) is 19.9 Å². The largest absolute Gasteiger partial charge is 0.490 e. The molecule has 2 aliphatic rings. The third-order valence-corrected chi connectivity index (χ3v) is 7.77. The van der Waals surface area contributed by atoms with E-state index in [1.165, 1.54) is 19.6 Å². The van der Waals surface area contributed by atoms with Crippen LogP contribution >= 0.6 is 34.5 Å². The average molecular weight is 548 g/mol. The van der Waals surface area contributed by atoms with Crippen molar-refractivity contribution in [2.45, 2.75) is 31.3 Å². The standard InChI is InChI=1S/C24H23Cl2N5O4S/c1-33-21-10-27-13-28-23(21)34-11-22(32)31-6-4-14(5-7-31)24-29-19(12-36-24)18-9-20(35-30-18)16-8-15(25)2-3-17(16)26/h2-3,8,10,12-14,20H,4-7,9,11H2,1H3. The molecule has 0 spiro atoms. The summed E-state index contributed by atoms with van der Waals surface area (Å²) in [5.74, 6) is 0.849. The molecule has 1 saturated heterocycles. The lowest BCUT2D eigenvalue weighted by molar-refractivity contribution is -0.134. The van der Waals surface area contributed by atoms with Gasteiger partial charge in [0.15, 0.2) is 18.5 Å². The molecule has 9 nitrogen and oxygen atoms in total. The van der Waals surface area contributed by atoms with Crippen molar-refractivity contribution in [3.05, 3.63) is 62.4 Å². The molecule has 36 heavy (non-hydrogen) atoms. The number of piperidine rings is 1. The third-order valence-electron chi connectivity index (χ3n) is 6.18. The highest BCUT2D eigenvalue weighted by atomic mass is 35.5. The van der Waals surface area contributed by atoms with Gasteiger partial charge in [-0.15, -0.1) is 11.3 Å². The first-order chi connectivity index (χ1) is 17.5. The van der Waals surface area contributed by atoms with Crippen LogP contribution < -0.4 is 9.47 Å². The van der Waals surface area contributed by atoms with Crippen molar-refractivity contribution in [3.63, 3.8) is 0 Å². The Morgan fingerprint density at radius 3 is 2.92 bits per heavy atom. The van der Waals surface area contributed by atoms with E-state index in [9.17, 15) is 4.79 Å². The predicted molar refractivity (Wildman–Crippen MR) is 136 cm³/mol. The molecule has 0 saturated carbocycles. The number of rotatable bonds is 7. The molecule has 12 heteroatoms. The Bertz CT molecular complexity index is 1280. The molecule has 2 aromatic heterocycles. The number of thiazole rings is 1. The minimum atomic E-state index is -0.282. The summed E-state index contributed by atoms with van der Waals surface area (Å²) in [7, 11) is 1.50. The fourth-order valence-corrected chi connectivity index (χ4v) is 5.64. The lowest BCUT2D eigenvalue weighted by Gasteiger charge is -2.31. The second-order valence-corrected chi connectivity index (χ2v) is 10.1. The van der Waals surface area contributed by atoms with Crippen LogP contribution in [0.1, 0.15) is 47.5 Å². The number of carbonyl (C=O) groups is 1. The lowest BCUT2D eigenvalue weighted by Crippen LogP contribution is -2.40. The SMILES string of the molecule is COc1cncnc1OCC(=O)N1CCC(c2nc(C3=NOC(c4cc(Cl)ccc4Cl)C3)cs2)CC1. The van der Waals surface area contributed by atoms with Crippen LogP contribution in [0.5, 0.6) is 11.6 Å². The summed E-state index contributed by atoms with van der Waals surface area (Å²) in [6.07, 6.45) is 4.81. The molecule has 0 N–H and O–H groups in total. The summed E-state index contributed by atoms with van der Waals surface area (Å²) in [5, 5.41) is 8.53. The van der Waals surface area contributed by atoms with Crippen LogP contribution in [0.2, 0.25) is 10.0 Å². The Labute approximate surface area is 222 Å². The molecule has 0 radical (unpaired) electrons. The molecule has 1 atom stereocenters. The number of aromatic nitrogens is 3. The van der Waals surface area contributed by atoms with Crippen LogP contribution in [0.4, 0.5) is 0 Å². The minimum absolute atomic E-state index is 0.0860. The normalized spacial score (nSPS) is 18.0. The van der Waals surface area contributed by atoms with E-state index in [1.807, 2.05) is 16.3 Å². The summed E-state index contributed by atoms with van der Waals surface area (Å²) in [5.41, 5.74) is 2.43. The smallest absolute Gasteiger partial charge is 0.260 e. The predicted octanol–water partition coefficient (Wildman–Crippen LogP) is 4.90. The van der Waals surface area contributed by atoms with E-state index in [2.05, 4.69) is 15.1 Å². The van der Waals surface area contributed by atoms with Crippen LogP contribution in [0, 0.1) is 0 Å². The molecule has 1 amide bonds. The molecule has 1 aromatic carbocycles. The fraction of sp³-hybridized carbons (Fsp3) is 0.375. The van der Waals surface area contributed by atoms with Crippen molar-refractivity contribution < 1.29 is 19.1 Å². The first-order valence-electron chi connectivity index (χ1n) is 11.4. The number of hydrogen-bond donors (Lipinski definition) is 0. The van der Waals surface area contributed by atoms with Gasteiger partial charge in [0.1, 0.15) is 12.0 Å². The first-order valence-corrected chi connectivity index (χ1v) is 13.0. The van der Waals surface area contributed by atoms with Gasteiger partial charge < -0.3 is 19.2 Å². The average Bonchev–Trinajstić information content (AvgIpc) is 3.59. The van der Waals surface area contributed by atoms with Crippen LogP contribution in [0.15, 0.2) is 41.3 Å². The summed E-state index contributed by atoms with van der Waals surface area (Å²) in [6, 6.07) is 5.32. The molecule has 0 bridgehead atoms. The fourth-order valence-electron chi connectivity index (χ4n) is 4.22. The van der Waals surface area contributed by atoms with E-state index >= 15 is 0 Å². The zero-order valence-electron chi connectivity index (χ0n) is 19.4. The molecule has 2 aliphatic heterocycles. The van der Waals surface area contributed by atoms with Gasteiger partial charge in [0.05, 0.1) is 24.0 Å². The Morgan fingerprint density at radius 2 is 2.11 bits per heavy atom. The quantitative estimate of drug-likeness (QED) is 0.414. The van der Waals surface area contributed by atoms with Gasteiger partial charge in [0.25, 0.3) is 11.8 Å². The number of methoxy groups -OCH3 is 1. The van der Waals surface area contributed by atoms with Crippen molar-refractivity contribution in [1.29, 1.82) is 0 Å². The minimum Gasteiger partial charge on any atom is -0.490 e.